The molecule has 3 rings (SSSR count). The van der Waals surface area contributed by atoms with E-state index in [0.717, 1.165) is 22.5 Å². The van der Waals surface area contributed by atoms with E-state index in [-0.39, 0.29) is 5.92 Å². The van der Waals surface area contributed by atoms with Gasteiger partial charge in [-0.05, 0) is 19.1 Å². The van der Waals surface area contributed by atoms with Gasteiger partial charge in [0.2, 0.25) is 0 Å². The van der Waals surface area contributed by atoms with Crippen LogP contribution in [0.5, 0.6) is 0 Å². The molecule has 92 valence electrons. The second-order valence-electron chi connectivity index (χ2n) is 4.56. The van der Waals surface area contributed by atoms with Gasteiger partial charge in [0.25, 0.3) is 0 Å². The third-order valence-electron chi connectivity index (χ3n) is 3.25. The van der Waals surface area contributed by atoms with Crippen LogP contribution in [0.4, 0.5) is 5.82 Å². The number of aromatic nitrogens is 2. The number of aryl methyl sites for hydroxylation is 1. The van der Waals surface area contributed by atoms with Crippen molar-refractivity contribution < 1.29 is 9.90 Å². The summed E-state index contributed by atoms with van der Waals surface area (Å²) in [5.74, 6) is -0.221. The average Bonchev–Trinajstić information content (AvgIpc) is 2.27. The number of carboxylic acids is 1. The van der Waals surface area contributed by atoms with Crippen LogP contribution in [0.2, 0.25) is 0 Å². The highest BCUT2D eigenvalue weighted by molar-refractivity contribution is 5.78. The van der Waals surface area contributed by atoms with Gasteiger partial charge in [-0.1, -0.05) is 12.1 Å². The van der Waals surface area contributed by atoms with Crippen molar-refractivity contribution in [3.05, 3.63) is 30.0 Å². The lowest BCUT2D eigenvalue weighted by Crippen LogP contribution is -2.51. The van der Waals surface area contributed by atoms with E-state index in [1.807, 2.05) is 36.1 Å². The van der Waals surface area contributed by atoms with Crippen molar-refractivity contribution in [3.8, 4) is 0 Å². The Labute approximate surface area is 104 Å². The highest BCUT2D eigenvalue weighted by Gasteiger charge is 2.34. The first-order chi connectivity index (χ1) is 8.65. The van der Waals surface area contributed by atoms with E-state index in [0.29, 0.717) is 13.1 Å². The maximum Gasteiger partial charge on any atom is 0.310 e. The predicted octanol–water partition coefficient (Wildman–Crippen LogP) is 1.46. The van der Waals surface area contributed by atoms with Crippen LogP contribution in [0.1, 0.15) is 5.69 Å². The number of carboxylic acid groups (broad SMARTS) is 1. The SMILES string of the molecule is Cc1nc2ccccc2nc1N1CC(C(=O)O)C1. The maximum atomic E-state index is 10.8. The molecule has 0 amide bonds. The van der Waals surface area contributed by atoms with E-state index in [1.54, 1.807) is 0 Å². The van der Waals surface area contributed by atoms with E-state index in [2.05, 4.69) is 9.97 Å². The summed E-state index contributed by atoms with van der Waals surface area (Å²) in [6.45, 7) is 2.94. The molecule has 0 radical (unpaired) electrons. The Balaban J connectivity index is 1.93. The molecule has 18 heavy (non-hydrogen) atoms. The van der Waals surface area contributed by atoms with E-state index in [1.165, 1.54) is 0 Å². The second-order valence-corrected chi connectivity index (χ2v) is 4.56. The summed E-state index contributed by atoms with van der Waals surface area (Å²) >= 11 is 0. The molecule has 2 heterocycles. The van der Waals surface area contributed by atoms with Crippen molar-refractivity contribution in [1.82, 2.24) is 9.97 Å². The summed E-state index contributed by atoms with van der Waals surface area (Å²) < 4.78 is 0. The predicted molar refractivity (Wildman–Crippen MR) is 67.6 cm³/mol. The van der Waals surface area contributed by atoms with Gasteiger partial charge in [-0.2, -0.15) is 0 Å². The molecule has 1 N–H and O–H groups in total. The number of para-hydroxylation sites is 2. The van der Waals surface area contributed by atoms with Crippen LogP contribution in [0, 0.1) is 12.8 Å². The van der Waals surface area contributed by atoms with Gasteiger partial charge in [-0.3, -0.25) is 4.79 Å². The Hall–Kier alpha value is -2.17. The largest absolute Gasteiger partial charge is 0.481 e. The summed E-state index contributed by atoms with van der Waals surface area (Å²) in [7, 11) is 0. The number of anilines is 1. The smallest absolute Gasteiger partial charge is 0.310 e. The van der Waals surface area contributed by atoms with E-state index in [9.17, 15) is 4.79 Å². The minimum Gasteiger partial charge on any atom is -0.481 e. The normalized spacial score (nSPS) is 15.7. The van der Waals surface area contributed by atoms with Gasteiger partial charge < -0.3 is 10.0 Å². The minimum atomic E-state index is -0.738. The van der Waals surface area contributed by atoms with Gasteiger partial charge >= 0.3 is 5.97 Å². The summed E-state index contributed by atoms with van der Waals surface area (Å²) in [4.78, 5) is 21.8. The molecule has 1 aliphatic heterocycles. The van der Waals surface area contributed by atoms with E-state index >= 15 is 0 Å². The van der Waals surface area contributed by atoms with Crippen LogP contribution >= 0.6 is 0 Å². The quantitative estimate of drug-likeness (QED) is 0.865. The standard InChI is InChI=1S/C13H13N3O2/c1-8-12(16-6-9(7-16)13(17)18)15-11-5-3-2-4-10(11)14-8/h2-5,9H,6-7H2,1H3,(H,17,18). The van der Waals surface area contributed by atoms with Crippen LogP contribution in [0.25, 0.3) is 11.0 Å². The second kappa shape index (κ2) is 3.94. The molecule has 1 aromatic carbocycles. The average molecular weight is 243 g/mol. The lowest BCUT2D eigenvalue weighted by molar-refractivity contribution is -0.142. The number of rotatable bonds is 2. The molecule has 0 saturated carbocycles. The molecular formula is C13H13N3O2. The number of aliphatic carboxylic acids is 1. The Bertz CT molecular complexity index is 621. The lowest BCUT2D eigenvalue weighted by atomic mass is 10.0. The van der Waals surface area contributed by atoms with Gasteiger partial charge in [0.1, 0.15) is 0 Å². The molecule has 0 aliphatic carbocycles. The monoisotopic (exact) mass is 243 g/mol. The van der Waals surface area contributed by atoms with E-state index in [4.69, 9.17) is 5.11 Å². The number of hydrogen-bond acceptors (Lipinski definition) is 4. The zero-order chi connectivity index (χ0) is 12.7. The number of nitrogens with zero attached hydrogens (tertiary/aromatic N) is 3. The zero-order valence-electron chi connectivity index (χ0n) is 10.00. The van der Waals surface area contributed by atoms with Gasteiger partial charge in [-0.25, -0.2) is 9.97 Å². The molecule has 5 heteroatoms. The van der Waals surface area contributed by atoms with Crippen LogP contribution in [-0.4, -0.2) is 34.1 Å². The third kappa shape index (κ3) is 1.68. The fourth-order valence-electron chi connectivity index (χ4n) is 2.19. The Kier molecular flexibility index (Phi) is 2.40. The van der Waals surface area contributed by atoms with Crippen molar-refractivity contribution in [3.63, 3.8) is 0 Å². The molecule has 0 atom stereocenters. The summed E-state index contributed by atoms with van der Waals surface area (Å²) in [5.41, 5.74) is 2.56. The van der Waals surface area contributed by atoms with Crippen LogP contribution < -0.4 is 4.90 Å². The third-order valence-corrected chi connectivity index (χ3v) is 3.25. The highest BCUT2D eigenvalue weighted by atomic mass is 16.4. The zero-order valence-corrected chi connectivity index (χ0v) is 10.00. The molecule has 1 aliphatic rings. The van der Waals surface area contributed by atoms with E-state index < -0.39 is 5.97 Å². The number of benzene rings is 1. The molecular weight excluding hydrogens is 230 g/mol. The first-order valence-electron chi connectivity index (χ1n) is 5.86. The van der Waals surface area contributed by atoms with Crippen LogP contribution in [-0.2, 0) is 4.79 Å². The van der Waals surface area contributed by atoms with Crippen molar-refractivity contribution in [2.45, 2.75) is 6.92 Å². The van der Waals surface area contributed by atoms with Crippen LogP contribution in [0.3, 0.4) is 0 Å². The lowest BCUT2D eigenvalue weighted by Gasteiger charge is -2.38. The number of carbonyl (C=O) groups is 1. The number of hydrogen-bond donors (Lipinski definition) is 1. The van der Waals surface area contributed by atoms with Gasteiger partial charge in [0.15, 0.2) is 5.82 Å². The molecule has 1 saturated heterocycles. The molecule has 5 nitrogen and oxygen atoms in total. The summed E-state index contributed by atoms with van der Waals surface area (Å²) in [6.07, 6.45) is 0. The van der Waals surface area contributed by atoms with Crippen molar-refractivity contribution in [1.29, 1.82) is 0 Å². The van der Waals surface area contributed by atoms with Gasteiger partial charge in [-0.15, -0.1) is 0 Å². The van der Waals surface area contributed by atoms with Crippen molar-refractivity contribution in [2.24, 2.45) is 5.92 Å². The number of fused-ring (bicyclic) bond motifs is 1. The van der Waals surface area contributed by atoms with Crippen LogP contribution in [0.15, 0.2) is 24.3 Å². The molecule has 2 aromatic rings. The van der Waals surface area contributed by atoms with Gasteiger partial charge in [0, 0.05) is 13.1 Å². The Morgan fingerprint density at radius 2 is 1.89 bits per heavy atom. The topological polar surface area (TPSA) is 66.3 Å². The molecule has 0 unspecified atom stereocenters. The molecule has 0 spiro atoms. The first kappa shape index (κ1) is 11.0. The van der Waals surface area contributed by atoms with Gasteiger partial charge in [0.05, 0.1) is 22.6 Å². The van der Waals surface area contributed by atoms with Crippen molar-refractivity contribution >= 4 is 22.8 Å². The summed E-state index contributed by atoms with van der Waals surface area (Å²) in [5, 5.41) is 8.88. The first-order valence-corrected chi connectivity index (χ1v) is 5.86. The molecule has 1 aromatic heterocycles. The Morgan fingerprint density at radius 3 is 2.50 bits per heavy atom. The van der Waals surface area contributed by atoms with Crippen molar-refractivity contribution in [2.75, 3.05) is 18.0 Å². The molecule has 1 fully saturated rings. The fraction of sp³-hybridized carbons (Fsp3) is 0.308. The maximum absolute atomic E-state index is 10.8. The minimum absolute atomic E-state index is 0.280. The Morgan fingerprint density at radius 1 is 1.28 bits per heavy atom. The highest BCUT2D eigenvalue weighted by Crippen LogP contribution is 2.26. The fourth-order valence-corrected chi connectivity index (χ4v) is 2.19. The molecule has 0 bridgehead atoms. The summed E-state index contributed by atoms with van der Waals surface area (Å²) in [6, 6.07) is 7.70.